The van der Waals surface area contributed by atoms with Gasteiger partial charge in [0, 0.05) is 25.7 Å². The number of ether oxygens (including phenoxy) is 4. The Kier molecular flexibility index (Phi) is 74.3. The van der Waals surface area contributed by atoms with Crippen LogP contribution in [0.4, 0.5) is 0 Å². The van der Waals surface area contributed by atoms with Crippen molar-refractivity contribution in [1.29, 1.82) is 0 Å². The summed E-state index contributed by atoms with van der Waals surface area (Å²) >= 11 is 0. The lowest BCUT2D eigenvalue weighted by Gasteiger charge is -2.21. The molecule has 0 aliphatic heterocycles. The monoisotopic (exact) mass is 1530 g/mol. The molecule has 0 aromatic carbocycles. The highest BCUT2D eigenvalue weighted by atomic mass is 31.2. The van der Waals surface area contributed by atoms with Crippen LogP contribution >= 0.6 is 15.6 Å². The minimum atomic E-state index is -5.00. The summed E-state index contributed by atoms with van der Waals surface area (Å²) in [7, 11) is -9.99. The van der Waals surface area contributed by atoms with Crippen molar-refractivity contribution in [2.45, 2.75) is 341 Å². The number of allylic oxidation sites excluding steroid dienone is 24. The van der Waals surface area contributed by atoms with Crippen molar-refractivity contribution in [1.82, 2.24) is 0 Å². The minimum Gasteiger partial charge on any atom is -0.462 e. The Bertz CT molecular complexity index is 2580. The number of aliphatic hydroxyl groups is 1. The van der Waals surface area contributed by atoms with Crippen LogP contribution in [0, 0.1) is 0 Å². The molecule has 5 atom stereocenters. The third-order valence-electron chi connectivity index (χ3n) is 16.8. The number of hydrogen-bond donors (Lipinski definition) is 3. The molecule has 0 saturated heterocycles. The van der Waals surface area contributed by atoms with E-state index >= 15 is 0 Å². The van der Waals surface area contributed by atoms with Gasteiger partial charge in [0.05, 0.1) is 26.4 Å². The Balaban J connectivity index is 5.43. The Labute approximate surface area is 643 Å². The van der Waals surface area contributed by atoms with Gasteiger partial charge in [-0.05, 0) is 161 Å². The fourth-order valence-corrected chi connectivity index (χ4v) is 12.2. The molecule has 3 N–H and O–H groups in total. The summed E-state index contributed by atoms with van der Waals surface area (Å²) in [4.78, 5) is 73.1. The molecule has 0 amide bonds. The van der Waals surface area contributed by atoms with Crippen molar-refractivity contribution in [3.05, 3.63) is 146 Å². The van der Waals surface area contributed by atoms with Crippen LogP contribution in [0.3, 0.4) is 0 Å². The second-order valence-electron chi connectivity index (χ2n) is 26.9. The minimum absolute atomic E-state index is 0.0715. The Morgan fingerprint density at radius 1 is 0.274 bits per heavy atom. The molecule has 0 rings (SSSR count). The summed E-state index contributed by atoms with van der Waals surface area (Å²) in [5, 5.41) is 10.7. The third kappa shape index (κ3) is 77.1. The van der Waals surface area contributed by atoms with E-state index in [0.717, 1.165) is 205 Å². The quantitative estimate of drug-likeness (QED) is 0.0169. The van der Waals surface area contributed by atoms with Crippen LogP contribution in [0.5, 0.6) is 0 Å². The summed E-state index contributed by atoms with van der Waals surface area (Å²) in [6.45, 7) is 4.48. The number of unbranched alkanes of at least 4 members (excludes halogenated alkanes) is 26. The van der Waals surface area contributed by atoms with E-state index in [4.69, 9.17) is 37.0 Å². The summed E-state index contributed by atoms with van der Waals surface area (Å²) in [6, 6.07) is 0. The van der Waals surface area contributed by atoms with E-state index in [2.05, 4.69) is 174 Å². The van der Waals surface area contributed by atoms with E-state index in [1.165, 1.54) is 38.5 Å². The molecule has 0 heterocycles. The van der Waals surface area contributed by atoms with Gasteiger partial charge < -0.3 is 33.8 Å². The SMILES string of the molecule is CC/C=C\C/C=C\C/C=C\C/C=C\C/C=C\CCCCCC(=O)OCC(COP(=O)(O)OCC(O)COP(=O)(O)OCC(COC(=O)CCCCCCC/C=C\C/C=C\C/C=C\CC)OC(=O)CCCCCCC/C=C\CCCCCCCC)OC(=O)CCCCCCCCC/C=C\C/C=C\C/C=C\CC. The Morgan fingerprint density at radius 3 is 0.774 bits per heavy atom. The molecule has 0 aromatic rings. The van der Waals surface area contributed by atoms with Crippen LogP contribution in [-0.2, 0) is 65.4 Å². The van der Waals surface area contributed by atoms with Gasteiger partial charge in [-0.15, -0.1) is 0 Å². The lowest BCUT2D eigenvalue weighted by molar-refractivity contribution is -0.161. The smallest absolute Gasteiger partial charge is 0.462 e. The first-order valence-corrected chi connectivity index (χ1v) is 44.1. The molecule has 0 saturated carbocycles. The third-order valence-corrected chi connectivity index (χ3v) is 18.7. The van der Waals surface area contributed by atoms with Gasteiger partial charge >= 0.3 is 39.5 Å². The van der Waals surface area contributed by atoms with Crippen LogP contribution in [-0.4, -0.2) is 96.7 Å². The van der Waals surface area contributed by atoms with Crippen LogP contribution in [0.25, 0.3) is 0 Å². The van der Waals surface area contributed by atoms with E-state index in [1.54, 1.807) is 0 Å². The predicted molar refractivity (Wildman–Crippen MR) is 436 cm³/mol. The van der Waals surface area contributed by atoms with E-state index in [9.17, 15) is 43.2 Å². The highest BCUT2D eigenvalue weighted by molar-refractivity contribution is 7.47. The second kappa shape index (κ2) is 78.1. The van der Waals surface area contributed by atoms with Gasteiger partial charge in [0.15, 0.2) is 12.2 Å². The summed E-state index contributed by atoms with van der Waals surface area (Å²) < 4.78 is 68.7. The van der Waals surface area contributed by atoms with Crippen molar-refractivity contribution in [3.8, 4) is 0 Å². The summed E-state index contributed by atoms with van der Waals surface area (Å²) in [6.07, 6.45) is 89.6. The maximum atomic E-state index is 13.1. The van der Waals surface area contributed by atoms with Crippen molar-refractivity contribution in [3.63, 3.8) is 0 Å². The Hall–Kier alpha value is -5.06. The van der Waals surface area contributed by atoms with E-state index in [0.29, 0.717) is 25.7 Å². The topological polar surface area (TPSA) is 237 Å². The van der Waals surface area contributed by atoms with Gasteiger partial charge in [-0.1, -0.05) is 283 Å². The molecule has 17 nitrogen and oxygen atoms in total. The van der Waals surface area contributed by atoms with Crippen molar-refractivity contribution in [2.75, 3.05) is 39.6 Å². The number of phosphoric acid groups is 2. The van der Waals surface area contributed by atoms with Crippen LogP contribution in [0.1, 0.15) is 323 Å². The zero-order chi connectivity index (χ0) is 77.4. The second-order valence-corrected chi connectivity index (χ2v) is 29.8. The summed E-state index contributed by atoms with van der Waals surface area (Å²) in [5.74, 6) is -2.25. The summed E-state index contributed by atoms with van der Waals surface area (Å²) in [5.41, 5.74) is 0. The molecule has 606 valence electrons. The Morgan fingerprint density at radius 2 is 0.491 bits per heavy atom. The van der Waals surface area contributed by atoms with E-state index in [1.807, 2.05) is 0 Å². The molecule has 0 aromatic heterocycles. The number of carbonyl (C=O) groups is 4. The number of aliphatic hydroxyl groups excluding tert-OH is 1. The maximum Gasteiger partial charge on any atom is 0.472 e. The normalized spacial score (nSPS) is 14.6. The lowest BCUT2D eigenvalue weighted by atomic mass is 10.1. The number of esters is 4. The molecule has 0 bridgehead atoms. The van der Waals surface area contributed by atoms with Gasteiger partial charge in [0.25, 0.3) is 0 Å². The number of phosphoric ester groups is 2. The van der Waals surface area contributed by atoms with Gasteiger partial charge in [0.2, 0.25) is 0 Å². The van der Waals surface area contributed by atoms with Crippen LogP contribution in [0.2, 0.25) is 0 Å². The molecular weight excluding hydrogens is 1380 g/mol. The molecule has 0 aliphatic rings. The average molecular weight is 1530 g/mol. The fourth-order valence-electron chi connectivity index (χ4n) is 10.6. The largest absolute Gasteiger partial charge is 0.472 e. The molecule has 0 fully saturated rings. The van der Waals surface area contributed by atoms with Crippen LogP contribution in [0.15, 0.2) is 146 Å². The highest BCUT2D eigenvalue weighted by Crippen LogP contribution is 2.45. The first kappa shape index (κ1) is 101. The standard InChI is InChI=1S/C87H146O17P2/c1-5-9-13-17-21-25-29-33-37-39-40-42-45-48-52-56-60-64-68-72-85(90)98-78-83(104-87(92)74-70-66-62-58-54-50-46-41-38-34-30-26-22-18-14-10-6-2)80-102-106(95,96)100-76-81(88)75-99-105(93,94)101-79-82(103-86(91)73-69-65-61-57-53-49-44-36-32-28-24-20-16-12-8-4)77-97-84(89)71-67-63-59-55-51-47-43-35-31-27-23-19-15-11-7-3/h9-11,13-15,21-23,25-27,33-38,40,42-44,48,52,81-83,88H,5-8,12,16-20,24,28-32,39,41,45-47,49-51,53-80H2,1-4H3,(H,93,94)(H,95,96)/b13-9-,14-10-,15-11-,25-21-,26-22-,27-23-,37-33-,38-34-,42-40-,43-35-,44-36-,52-48-. The number of rotatable bonds is 76. The zero-order valence-electron chi connectivity index (χ0n) is 66.3. The maximum absolute atomic E-state index is 13.1. The van der Waals surface area contributed by atoms with E-state index in [-0.39, 0.29) is 25.7 Å². The molecule has 5 unspecified atom stereocenters. The first-order chi connectivity index (χ1) is 51.7. The van der Waals surface area contributed by atoms with Crippen molar-refractivity contribution < 1.29 is 80.2 Å². The predicted octanol–water partition coefficient (Wildman–Crippen LogP) is 24.2. The number of carbonyl (C=O) groups excluding carboxylic acids is 4. The fraction of sp³-hybridized carbons (Fsp3) is 0.678. The van der Waals surface area contributed by atoms with Gasteiger partial charge in [-0.25, -0.2) is 9.13 Å². The molecule has 19 heteroatoms. The van der Waals surface area contributed by atoms with Gasteiger partial charge in [-0.3, -0.25) is 37.3 Å². The van der Waals surface area contributed by atoms with Crippen molar-refractivity contribution >= 4 is 39.5 Å². The van der Waals surface area contributed by atoms with Gasteiger partial charge in [-0.2, -0.15) is 0 Å². The highest BCUT2D eigenvalue weighted by Gasteiger charge is 2.30. The van der Waals surface area contributed by atoms with Crippen molar-refractivity contribution in [2.24, 2.45) is 0 Å². The molecule has 106 heavy (non-hydrogen) atoms. The van der Waals surface area contributed by atoms with Gasteiger partial charge in [0.1, 0.15) is 19.3 Å². The molecule has 0 radical (unpaired) electrons. The van der Waals surface area contributed by atoms with E-state index < -0.39 is 97.5 Å². The van der Waals surface area contributed by atoms with Crippen LogP contribution < -0.4 is 0 Å². The first-order valence-electron chi connectivity index (χ1n) is 41.1. The number of hydrogen-bond acceptors (Lipinski definition) is 15. The molecular formula is C87H146O17P2. The zero-order valence-corrected chi connectivity index (χ0v) is 68.1. The molecule has 0 spiro atoms. The molecule has 0 aliphatic carbocycles. The average Bonchev–Trinajstić information content (AvgIpc) is 0.902. The lowest BCUT2D eigenvalue weighted by Crippen LogP contribution is -2.30.